The number of methoxy groups -OCH3 is 1. The van der Waals surface area contributed by atoms with Crippen molar-refractivity contribution in [1.29, 1.82) is 0 Å². The number of thioether (sulfide) groups is 2. The molecule has 1 amide bonds. The summed E-state index contributed by atoms with van der Waals surface area (Å²) < 4.78 is 7.69. The predicted octanol–water partition coefficient (Wildman–Crippen LogP) is 3.42. The number of aromatic nitrogens is 2. The maximum Gasteiger partial charge on any atom is 0.268 e. The van der Waals surface area contributed by atoms with Crippen LogP contribution < -0.4 is 10.9 Å². The smallest absolute Gasteiger partial charge is 0.268 e. The standard InChI is InChI=1S/C18H20BrN3O3S2/c1-11-9-14-16(27-11)17(24)22(7-8-25-2)18(21-14)26-10-15(23)20-13-5-3-12(19)4-6-13/h3-6,11H,7-10H2,1-2H3,(H,20,23)/t11-/m0/s1. The number of amides is 1. The molecule has 1 aliphatic rings. The summed E-state index contributed by atoms with van der Waals surface area (Å²) in [5, 5.41) is 3.76. The minimum atomic E-state index is -0.141. The van der Waals surface area contributed by atoms with Gasteiger partial charge in [-0.25, -0.2) is 4.98 Å². The van der Waals surface area contributed by atoms with Crippen LogP contribution in [0.1, 0.15) is 12.6 Å². The van der Waals surface area contributed by atoms with Crippen LogP contribution in [0.25, 0.3) is 0 Å². The molecule has 0 fully saturated rings. The van der Waals surface area contributed by atoms with E-state index in [1.807, 2.05) is 24.3 Å². The zero-order valence-corrected chi connectivity index (χ0v) is 18.2. The lowest BCUT2D eigenvalue weighted by molar-refractivity contribution is -0.113. The Morgan fingerprint density at radius 2 is 2.19 bits per heavy atom. The van der Waals surface area contributed by atoms with Crippen LogP contribution in [-0.2, 0) is 22.5 Å². The third-order valence-electron chi connectivity index (χ3n) is 3.94. The highest BCUT2D eigenvalue weighted by atomic mass is 79.9. The van der Waals surface area contributed by atoms with Gasteiger partial charge in [-0.15, -0.1) is 11.8 Å². The average molecular weight is 470 g/mol. The number of benzene rings is 1. The summed E-state index contributed by atoms with van der Waals surface area (Å²) in [6, 6.07) is 7.39. The molecule has 0 saturated heterocycles. The number of fused-ring (bicyclic) bond motifs is 1. The second kappa shape index (κ2) is 9.27. The highest BCUT2D eigenvalue weighted by molar-refractivity contribution is 9.10. The Bertz CT molecular complexity index is 887. The third-order valence-corrected chi connectivity index (χ3v) is 6.66. The molecule has 0 spiro atoms. The van der Waals surface area contributed by atoms with Crippen molar-refractivity contribution in [2.24, 2.45) is 0 Å². The van der Waals surface area contributed by atoms with E-state index >= 15 is 0 Å². The van der Waals surface area contributed by atoms with Gasteiger partial charge in [0, 0.05) is 28.9 Å². The fourth-order valence-electron chi connectivity index (χ4n) is 2.68. The number of anilines is 1. The molecule has 0 aliphatic carbocycles. The number of hydrogen-bond acceptors (Lipinski definition) is 6. The molecule has 1 aromatic carbocycles. The van der Waals surface area contributed by atoms with Crippen molar-refractivity contribution in [3.63, 3.8) is 0 Å². The van der Waals surface area contributed by atoms with Gasteiger partial charge in [0.05, 0.1) is 29.5 Å². The van der Waals surface area contributed by atoms with Crippen LogP contribution in [0.3, 0.4) is 0 Å². The number of ether oxygens (including phenoxy) is 1. The van der Waals surface area contributed by atoms with E-state index in [1.165, 1.54) is 11.8 Å². The fraction of sp³-hybridized carbons (Fsp3) is 0.389. The van der Waals surface area contributed by atoms with Gasteiger partial charge in [0.15, 0.2) is 5.16 Å². The van der Waals surface area contributed by atoms with Crippen molar-refractivity contribution < 1.29 is 9.53 Å². The molecule has 0 radical (unpaired) electrons. The van der Waals surface area contributed by atoms with Crippen LogP contribution in [0, 0.1) is 0 Å². The first-order chi connectivity index (χ1) is 13.0. The molecule has 9 heteroatoms. The van der Waals surface area contributed by atoms with Gasteiger partial charge in [0.25, 0.3) is 5.56 Å². The average Bonchev–Trinajstić information content (AvgIpc) is 3.02. The van der Waals surface area contributed by atoms with Crippen molar-refractivity contribution in [3.05, 3.63) is 44.8 Å². The van der Waals surface area contributed by atoms with Crippen molar-refractivity contribution in [1.82, 2.24) is 9.55 Å². The largest absolute Gasteiger partial charge is 0.383 e. The van der Waals surface area contributed by atoms with Crippen molar-refractivity contribution in [3.8, 4) is 0 Å². The zero-order valence-electron chi connectivity index (χ0n) is 15.0. The predicted molar refractivity (Wildman–Crippen MR) is 113 cm³/mol. The number of rotatable bonds is 7. The zero-order chi connectivity index (χ0) is 19.4. The van der Waals surface area contributed by atoms with E-state index in [1.54, 1.807) is 23.4 Å². The van der Waals surface area contributed by atoms with Crippen molar-refractivity contribution >= 4 is 51.0 Å². The minimum absolute atomic E-state index is 0.0396. The molecule has 144 valence electrons. The van der Waals surface area contributed by atoms with Gasteiger partial charge in [0.1, 0.15) is 0 Å². The monoisotopic (exact) mass is 469 g/mol. The number of carbonyl (C=O) groups excluding carboxylic acids is 1. The maximum atomic E-state index is 12.8. The van der Waals surface area contributed by atoms with Gasteiger partial charge in [-0.05, 0) is 24.3 Å². The highest BCUT2D eigenvalue weighted by Gasteiger charge is 2.26. The Hall–Kier alpha value is -1.29. The van der Waals surface area contributed by atoms with Gasteiger partial charge < -0.3 is 10.1 Å². The van der Waals surface area contributed by atoms with E-state index in [0.717, 1.165) is 27.2 Å². The normalized spacial score (nSPS) is 15.6. The molecule has 27 heavy (non-hydrogen) atoms. The lowest BCUT2D eigenvalue weighted by atomic mass is 10.2. The van der Waals surface area contributed by atoms with Gasteiger partial charge in [0.2, 0.25) is 5.91 Å². The van der Waals surface area contributed by atoms with Crippen LogP contribution in [0.15, 0.2) is 43.6 Å². The fourth-order valence-corrected chi connectivity index (χ4v) is 4.90. The molecule has 0 saturated carbocycles. The first-order valence-corrected chi connectivity index (χ1v) is 11.1. The molecule has 1 aliphatic heterocycles. The molecule has 0 bridgehead atoms. The second-order valence-corrected chi connectivity index (χ2v) is 9.40. The highest BCUT2D eigenvalue weighted by Crippen LogP contribution is 2.34. The van der Waals surface area contributed by atoms with E-state index in [2.05, 4.69) is 33.2 Å². The molecule has 6 nitrogen and oxygen atoms in total. The number of hydrogen-bond donors (Lipinski definition) is 1. The van der Waals surface area contributed by atoms with Crippen LogP contribution in [0.4, 0.5) is 5.69 Å². The van der Waals surface area contributed by atoms with Crippen molar-refractivity contribution in [2.75, 3.05) is 24.8 Å². The van der Waals surface area contributed by atoms with Crippen LogP contribution in [0.5, 0.6) is 0 Å². The minimum Gasteiger partial charge on any atom is -0.383 e. The first kappa shape index (κ1) is 20.4. The molecule has 2 heterocycles. The maximum absolute atomic E-state index is 12.8. The van der Waals surface area contributed by atoms with E-state index in [9.17, 15) is 9.59 Å². The number of halogens is 1. The second-order valence-electron chi connectivity index (χ2n) is 6.10. The summed E-state index contributed by atoms with van der Waals surface area (Å²) in [5.41, 5.74) is 1.52. The van der Waals surface area contributed by atoms with E-state index < -0.39 is 0 Å². The Morgan fingerprint density at radius 1 is 1.44 bits per heavy atom. The number of nitrogens with one attached hydrogen (secondary N) is 1. The Kier molecular flexibility index (Phi) is 7.02. The SMILES string of the molecule is COCCn1c(SCC(=O)Nc2ccc(Br)cc2)nc2c(c1=O)S[C@@H](C)C2. The van der Waals surface area contributed by atoms with Crippen LogP contribution in [-0.4, -0.2) is 40.2 Å². The molecule has 1 N–H and O–H groups in total. The summed E-state index contributed by atoms with van der Waals surface area (Å²) in [5.74, 6) is 0.0369. The topological polar surface area (TPSA) is 73.2 Å². The Morgan fingerprint density at radius 3 is 2.89 bits per heavy atom. The molecule has 0 unspecified atom stereocenters. The molecule has 3 rings (SSSR count). The summed E-state index contributed by atoms with van der Waals surface area (Å²) in [6.07, 6.45) is 0.777. The Labute approximate surface area is 174 Å². The number of nitrogens with zero attached hydrogens (tertiary/aromatic N) is 2. The van der Waals surface area contributed by atoms with Crippen LogP contribution >= 0.6 is 39.5 Å². The molecule has 2 aromatic rings. The quantitative estimate of drug-likeness (QED) is 0.494. The Balaban J connectivity index is 1.74. The molecular formula is C18H20BrN3O3S2. The summed E-state index contributed by atoms with van der Waals surface area (Å²) >= 11 is 6.21. The van der Waals surface area contributed by atoms with Crippen LogP contribution in [0.2, 0.25) is 0 Å². The summed E-state index contributed by atoms with van der Waals surface area (Å²) in [7, 11) is 1.60. The summed E-state index contributed by atoms with van der Waals surface area (Å²) in [6.45, 7) is 2.92. The first-order valence-electron chi connectivity index (χ1n) is 8.45. The molecule has 1 atom stereocenters. The van der Waals surface area contributed by atoms with E-state index in [0.29, 0.717) is 23.6 Å². The lowest BCUT2D eigenvalue weighted by Gasteiger charge is -2.13. The van der Waals surface area contributed by atoms with Gasteiger partial charge >= 0.3 is 0 Å². The van der Waals surface area contributed by atoms with Gasteiger partial charge in [-0.1, -0.05) is 34.6 Å². The van der Waals surface area contributed by atoms with Crippen molar-refractivity contribution in [2.45, 2.75) is 35.2 Å². The van der Waals surface area contributed by atoms with E-state index in [4.69, 9.17) is 4.74 Å². The molecule has 1 aromatic heterocycles. The van der Waals surface area contributed by atoms with Gasteiger partial charge in [-0.3, -0.25) is 14.2 Å². The van der Waals surface area contributed by atoms with E-state index in [-0.39, 0.29) is 17.2 Å². The van der Waals surface area contributed by atoms with Gasteiger partial charge in [-0.2, -0.15) is 0 Å². The molecular weight excluding hydrogens is 450 g/mol. The third kappa shape index (κ3) is 5.16. The summed E-state index contributed by atoms with van der Waals surface area (Å²) in [4.78, 5) is 30.5. The lowest BCUT2D eigenvalue weighted by Crippen LogP contribution is -2.27. The number of carbonyl (C=O) groups is 1.